The van der Waals surface area contributed by atoms with E-state index in [-0.39, 0.29) is 30.9 Å². The molecule has 3 amide bonds. The number of nitrogens with zero attached hydrogens (tertiary/aromatic N) is 4. The lowest BCUT2D eigenvalue weighted by Gasteiger charge is -2.36. The summed E-state index contributed by atoms with van der Waals surface area (Å²) in [5, 5.41) is 12.1. The van der Waals surface area contributed by atoms with Gasteiger partial charge in [0.1, 0.15) is 29.3 Å². The first kappa shape index (κ1) is 25.8. The first-order chi connectivity index (χ1) is 16.9. The first-order valence-corrected chi connectivity index (χ1v) is 12.1. The van der Waals surface area contributed by atoms with Gasteiger partial charge >= 0.3 is 6.09 Å². The minimum atomic E-state index is -0.994. The summed E-state index contributed by atoms with van der Waals surface area (Å²) >= 11 is 0. The van der Waals surface area contributed by atoms with Crippen molar-refractivity contribution in [1.82, 2.24) is 20.0 Å². The van der Waals surface area contributed by atoms with Gasteiger partial charge in [0.05, 0.1) is 12.1 Å². The van der Waals surface area contributed by atoms with E-state index >= 15 is 0 Å². The second-order valence-corrected chi connectivity index (χ2v) is 10.6. The van der Waals surface area contributed by atoms with Crippen molar-refractivity contribution < 1.29 is 27.9 Å². The van der Waals surface area contributed by atoms with Crippen LogP contribution in [0.15, 0.2) is 18.2 Å². The van der Waals surface area contributed by atoms with Crippen LogP contribution in [-0.2, 0) is 20.9 Å². The Labute approximate surface area is 208 Å². The van der Waals surface area contributed by atoms with E-state index in [4.69, 9.17) is 4.74 Å². The molecule has 1 aromatic carbocycles. The fourth-order valence-electron chi connectivity index (χ4n) is 5.28. The largest absolute Gasteiger partial charge is 0.444 e. The van der Waals surface area contributed by atoms with Crippen LogP contribution in [0.2, 0.25) is 0 Å². The van der Waals surface area contributed by atoms with Gasteiger partial charge in [0.15, 0.2) is 0 Å². The Balaban J connectivity index is 1.46. The number of fused-ring (bicyclic) bond motifs is 2. The van der Waals surface area contributed by atoms with Crippen LogP contribution in [0.4, 0.5) is 13.6 Å². The number of halogens is 2. The Morgan fingerprint density at radius 3 is 2.56 bits per heavy atom. The number of carbonyl (C=O) groups is 3. The van der Waals surface area contributed by atoms with Crippen molar-refractivity contribution in [2.45, 2.75) is 76.3 Å². The molecule has 9 nitrogen and oxygen atoms in total. The topological polar surface area (TPSA) is 106 Å². The molecule has 3 saturated heterocycles. The molecule has 0 aromatic heterocycles. The van der Waals surface area contributed by atoms with Crippen LogP contribution in [0, 0.1) is 23.0 Å². The Hall–Kier alpha value is -3.26. The van der Waals surface area contributed by atoms with Gasteiger partial charge in [0.25, 0.3) is 0 Å². The van der Waals surface area contributed by atoms with E-state index in [2.05, 4.69) is 11.4 Å². The Bertz CT molecular complexity index is 1060. The van der Waals surface area contributed by atoms with Crippen molar-refractivity contribution in [2.75, 3.05) is 19.6 Å². The van der Waals surface area contributed by atoms with Gasteiger partial charge in [-0.15, -0.1) is 0 Å². The predicted molar refractivity (Wildman–Crippen MR) is 124 cm³/mol. The summed E-state index contributed by atoms with van der Waals surface area (Å²) in [4.78, 5) is 43.9. The summed E-state index contributed by atoms with van der Waals surface area (Å²) in [5.74, 6) is -1.96. The zero-order valence-electron chi connectivity index (χ0n) is 20.7. The highest BCUT2D eigenvalue weighted by Crippen LogP contribution is 2.33. The lowest BCUT2D eigenvalue weighted by atomic mass is 10.1. The molecule has 4 rings (SSSR count). The number of amides is 3. The Morgan fingerprint density at radius 2 is 1.94 bits per heavy atom. The highest BCUT2D eigenvalue weighted by Gasteiger charge is 2.50. The minimum absolute atomic E-state index is 0.0854. The van der Waals surface area contributed by atoms with Crippen molar-refractivity contribution in [1.29, 1.82) is 5.26 Å². The van der Waals surface area contributed by atoms with Gasteiger partial charge in [-0.1, -0.05) is 0 Å². The standard InChI is InChI=1S/C25H31F2N5O4/c1-25(2,3)36-24(35)29-20(22(33)31-6-4-5-18(31)11-28)14-30-13-19-10-21(30)23(34)32(19)12-15-7-16(26)9-17(27)8-15/h7-9,18-21H,4-6,10,12-14H2,1-3H3,(H,29,35)/t18?,19-,20?,21-/m0/s1. The van der Waals surface area contributed by atoms with Crippen LogP contribution >= 0.6 is 0 Å². The van der Waals surface area contributed by atoms with Gasteiger partial charge in [0, 0.05) is 38.3 Å². The summed E-state index contributed by atoms with van der Waals surface area (Å²) in [7, 11) is 0. The molecule has 3 fully saturated rings. The van der Waals surface area contributed by atoms with Crippen molar-refractivity contribution in [3.8, 4) is 6.07 Å². The minimum Gasteiger partial charge on any atom is -0.444 e. The quantitative estimate of drug-likeness (QED) is 0.638. The third-order valence-electron chi connectivity index (χ3n) is 6.76. The van der Waals surface area contributed by atoms with Gasteiger partial charge in [0.2, 0.25) is 11.8 Å². The summed E-state index contributed by atoms with van der Waals surface area (Å²) in [6.07, 6.45) is 1.04. The molecule has 4 atom stereocenters. The molecule has 1 aromatic rings. The zero-order chi connectivity index (χ0) is 26.2. The summed E-state index contributed by atoms with van der Waals surface area (Å²) in [5.41, 5.74) is -0.392. The second-order valence-electron chi connectivity index (χ2n) is 10.6. The highest BCUT2D eigenvalue weighted by molar-refractivity contribution is 5.88. The number of likely N-dealkylation sites (tertiary alicyclic amines) is 3. The third kappa shape index (κ3) is 5.59. The second kappa shape index (κ2) is 10.0. The van der Waals surface area contributed by atoms with Gasteiger partial charge < -0.3 is 19.9 Å². The molecule has 2 unspecified atom stereocenters. The molecule has 11 heteroatoms. The van der Waals surface area contributed by atoms with E-state index in [1.807, 2.05) is 4.90 Å². The maximum Gasteiger partial charge on any atom is 0.408 e. The summed E-state index contributed by atoms with van der Waals surface area (Å²) in [6.45, 7) is 6.20. The van der Waals surface area contributed by atoms with Gasteiger partial charge in [-0.25, -0.2) is 13.6 Å². The first-order valence-electron chi connectivity index (χ1n) is 12.1. The van der Waals surface area contributed by atoms with Crippen molar-refractivity contribution in [3.05, 3.63) is 35.4 Å². The number of nitrogens with one attached hydrogen (secondary N) is 1. The van der Waals surface area contributed by atoms with Gasteiger partial charge in [-0.3, -0.25) is 14.5 Å². The smallest absolute Gasteiger partial charge is 0.408 e. The number of carbonyl (C=O) groups excluding carboxylic acids is 3. The van der Waals surface area contributed by atoms with E-state index in [1.54, 1.807) is 25.7 Å². The predicted octanol–water partition coefficient (Wildman–Crippen LogP) is 2.16. The Kier molecular flexibility index (Phi) is 7.18. The zero-order valence-corrected chi connectivity index (χ0v) is 20.7. The number of rotatable bonds is 6. The third-order valence-corrected chi connectivity index (χ3v) is 6.76. The maximum atomic E-state index is 13.6. The number of hydrogen-bond acceptors (Lipinski definition) is 6. The summed E-state index contributed by atoms with van der Waals surface area (Å²) in [6, 6.07) is 3.11. The van der Waals surface area contributed by atoms with Gasteiger partial charge in [-0.2, -0.15) is 5.26 Å². The van der Waals surface area contributed by atoms with Crippen LogP contribution in [0.25, 0.3) is 0 Å². The lowest BCUT2D eigenvalue weighted by molar-refractivity contribution is -0.140. The highest BCUT2D eigenvalue weighted by atomic mass is 19.1. The fourth-order valence-corrected chi connectivity index (χ4v) is 5.28. The monoisotopic (exact) mass is 503 g/mol. The SMILES string of the molecule is CC(C)(C)OC(=O)NC(CN1C[C@@H]2C[C@H]1C(=O)N2Cc1cc(F)cc(F)c1)C(=O)N1CCCC1C#N. The normalized spacial score (nSPS) is 24.7. The maximum absolute atomic E-state index is 13.6. The van der Waals surface area contributed by atoms with Crippen LogP contribution in [-0.4, -0.2) is 82.0 Å². The molecule has 1 N–H and O–H groups in total. The van der Waals surface area contributed by atoms with E-state index in [9.17, 15) is 28.4 Å². The molecule has 0 spiro atoms. The number of alkyl carbamates (subject to hydrolysis) is 1. The molecule has 0 aliphatic carbocycles. The number of hydrogen-bond donors (Lipinski definition) is 1. The van der Waals surface area contributed by atoms with Crippen LogP contribution in [0.3, 0.4) is 0 Å². The molecular weight excluding hydrogens is 472 g/mol. The Morgan fingerprint density at radius 1 is 1.25 bits per heavy atom. The van der Waals surface area contributed by atoms with Gasteiger partial charge in [-0.05, 0) is 57.7 Å². The number of ether oxygens (including phenoxy) is 1. The van der Waals surface area contributed by atoms with Crippen LogP contribution < -0.4 is 5.32 Å². The van der Waals surface area contributed by atoms with Crippen molar-refractivity contribution >= 4 is 17.9 Å². The number of benzene rings is 1. The average molecular weight is 504 g/mol. The summed E-state index contributed by atoms with van der Waals surface area (Å²) < 4.78 is 32.6. The van der Waals surface area contributed by atoms with Crippen molar-refractivity contribution in [2.24, 2.45) is 0 Å². The molecule has 194 valence electrons. The van der Waals surface area contributed by atoms with E-state index < -0.39 is 41.5 Å². The molecule has 0 radical (unpaired) electrons. The van der Waals surface area contributed by atoms with E-state index in [0.29, 0.717) is 37.9 Å². The van der Waals surface area contributed by atoms with Crippen LogP contribution in [0.1, 0.15) is 45.6 Å². The van der Waals surface area contributed by atoms with Crippen molar-refractivity contribution in [3.63, 3.8) is 0 Å². The number of piperazine rings is 1. The number of nitriles is 1. The van der Waals surface area contributed by atoms with E-state index in [0.717, 1.165) is 6.07 Å². The molecule has 3 aliphatic heterocycles. The average Bonchev–Trinajstić information content (AvgIpc) is 3.47. The fraction of sp³-hybridized carbons (Fsp3) is 0.600. The molecule has 2 bridgehead atoms. The van der Waals surface area contributed by atoms with E-state index in [1.165, 1.54) is 17.0 Å². The van der Waals surface area contributed by atoms with Crippen LogP contribution in [0.5, 0.6) is 0 Å². The lowest BCUT2D eigenvalue weighted by Crippen LogP contribution is -2.58. The molecule has 0 saturated carbocycles. The molecular formula is C25H31F2N5O4. The molecule has 36 heavy (non-hydrogen) atoms. The molecule has 3 heterocycles. The molecule has 3 aliphatic rings.